The number of halogens is 2. The quantitative estimate of drug-likeness (QED) is 0.910. The van der Waals surface area contributed by atoms with Crippen molar-refractivity contribution in [1.82, 2.24) is 10.2 Å². The van der Waals surface area contributed by atoms with Crippen LogP contribution in [-0.4, -0.2) is 22.5 Å². The van der Waals surface area contributed by atoms with Crippen LogP contribution in [0.4, 0.5) is 14.5 Å². The number of anilines is 1. The van der Waals surface area contributed by atoms with E-state index >= 15 is 0 Å². The monoisotopic (exact) mass is 253 g/mol. The molecule has 0 saturated carbocycles. The average molecular weight is 253 g/mol. The smallest absolute Gasteiger partial charge is 0.315 e. The van der Waals surface area contributed by atoms with Crippen LogP contribution in [0.3, 0.4) is 0 Å². The fourth-order valence-electron chi connectivity index (χ4n) is 1.38. The Balaban J connectivity index is 2.30. The molecule has 0 radical (unpaired) electrons. The molecule has 0 aliphatic heterocycles. The lowest BCUT2D eigenvalue weighted by atomic mass is 10.1. The molecule has 1 amide bonds. The van der Waals surface area contributed by atoms with Gasteiger partial charge in [0.15, 0.2) is 0 Å². The van der Waals surface area contributed by atoms with Crippen molar-refractivity contribution in [2.75, 3.05) is 5.32 Å². The Morgan fingerprint density at radius 3 is 2.83 bits per heavy atom. The normalized spacial score (nSPS) is 10.7. The molecule has 0 spiro atoms. The van der Waals surface area contributed by atoms with Crippen LogP contribution in [0.15, 0.2) is 29.0 Å². The van der Waals surface area contributed by atoms with Crippen LogP contribution in [0, 0.1) is 6.92 Å². The third-order valence-corrected chi connectivity index (χ3v) is 2.30. The fourth-order valence-corrected chi connectivity index (χ4v) is 1.38. The summed E-state index contributed by atoms with van der Waals surface area (Å²) in [5, 5.41) is 9.34. The maximum absolute atomic E-state index is 12.2. The fraction of sp³-hybridized carbons (Fsp3) is 0.182. The Kier molecular flexibility index (Phi) is 3.31. The molecule has 0 atom stereocenters. The number of carbonyl (C=O) groups is 1. The van der Waals surface area contributed by atoms with Crippen molar-refractivity contribution < 1.29 is 18.0 Å². The second-order valence-electron chi connectivity index (χ2n) is 3.56. The first-order valence-corrected chi connectivity index (χ1v) is 5.04. The predicted molar refractivity (Wildman–Crippen MR) is 59.1 cm³/mol. The zero-order valence-electron chi connectivity index (χ0n) is 9.35. The minimum Gasteiger partial charge on any atom is -0.423 e. The van der Waals surface area contributed by atoms with E-state index in [2.05, 4.69) is 15.5 Å². The van der Waals surface area contributed by atoms with Crippen molar-refractivity contribution in [1.29, 1.82) is 0 Å². The van der Waals surface area contributed by atoms with Crippen LogP contribution >= 0.6 is 0 Å². The minimum absolute atomic E-state index is 0.252. The summed E-state index contributed by atoms with van der Waals surface area (Å²) in [6, 6.07) is 4.87. The Morgan fingerprint density at radius 1 is 1.44 bits per heavy atom. The average Bonchev–Trinajstić information content (AvgIpc) is 2.85. The van der Waals surface area contributed by atoms with Gasteiger partial charge in [-0.05, 0) is 24.6 Å². The highest BCUT2D eigenvalue weighted by molar-refractivity contribution is 5.94. The molecule has 94 valence electrons. The van der Waals surface area contributed by atoms with Crippen molar-refractivity contribution in [2.45, 2.75) is 13.3 Å². The van der Waals surface area contributed by atoms with E-state index in [1.54, 1.807) is 19.1 Å². The number of amides is 1. The summed E-state index contributed by atoms with van der Waals surface area (Å²) >= 11 is 0. The van der Waals surface area contributed by atoms with Crippen molar-refractivity contribution in [3.8, 4) is 11.5 Å². The zero-order valence-corrected chi connectivity index (χ0v) is 9.35. The topological polar surface area (TPSA) is 68.0 Å². The number of carbonyl (C=O) groups excluding carboxylic acids is 1. The van der Waals surface area contributed by atoms with E-state index in [4.69, 9.17) is 4.42 Å². The van der Waals surface area contributed by atoms with Crippen LogP contribution in [0.25, 0.3) is 11.5 Å². The van der Waals surface area contributed by atoms with Crippen molar-refractivity contribution in [3.05, 3.63) is 30.2 Å². The molecule has 0 unspecified atom stereocenters. The molecular formula is C11H9F2N3O2. The van der Waals surface area contributed by atoms with E-state index in [1.807, 2.05) is 0 Å². The first-order valence-electron chi connectivity index (χ1n) is 5.04. The van der Waals surface area contributed by atoms with Crippen LogP contribution in [-0.2, 0) is 4.79 Å². The van der Waals surface area contributed by atoms with E-state index in [0.717, 1.165) is 6.39 Å². The lowest BCUT2D eigenvalue weighted by Gasteiger charge is -2.08. The number of hydrogen-bond donors (Lipinski definition) is 1. The van der Waals surface area contributed by atoms with Crippen LogP contribution in [0.5, 0.6) is 0 Å². The van der Waals surface area contributed by atoms with Crippen molar-refractivity contribution in [3.63, 3.8) is 0 Å². The number of aryl methyl sites for hydroxylation is 1. The third-order valence-electron chi connectivity index (χ3n) is 2.30. The summed E-state index contributed by atoms with van der Waals surface area (Å²) < 4.78 is 29.3. The number of aromatic nitrogens is 2. The number of rotatable bonds is 3. The molecule has 1 N–H and O–H groups in total. The predicted octanol–water partition coefficient (Wildman–Crippen LogP) is 2.25. The molecule has 0 saturated heterocycles. The van der Waals surface area contributed by atoms with Gasteiger partial charge < -0.3 is 9.73 Å². The van der Waals surface area contributed by atoms with Gasteiger partial charge in [-0.2, -0.15) is 8.78 Å². The van der Waals surface area contributed by atoms with Crippen LogP contribution in [0.2, 0.25) is 0 Å². The second kappa shape index (κ2) is 4.91. The molecule has 2 aromatic rings. The summed E-state index contributed by atoms with van der Waals surface area (Å²) in [5.74, 6) is -1.09. The van der Waals surface area contributed by atoms with Crippen molar-refractivity contribution >= 4 is 11.6 Å². The standard InChI is InChI=1S/C11H9F2N3O2/c1-6-2-3-7(11-16-14-5-18-11)4-8(6)15-10(17)9(12)13/h2-5,9H,1H3,(H,15,17). The van der Waals surface area contributed by atoms with Gasteiger partial charge in [0.25, 0.3) is 5.91 Å². The van der Waals surface area contributed by atoms with Gasteiger partial charge in [0.1, 0.15) is 0 Å². The van der Waals surface area contributed by atoms with Gasteiger partial charge in [-0.1, -0.05) is 6.07 Å². The highest BCUT2D eigenvalue weighted by Gasteiger charge is 2.16. The van der Waals surface area contributed by atoms with Gasteiger partial charge >= 0.3 is 6.43 Å². The van der Waals surface area contributed by atoms with Gasteiger partial charge in [-0.3, -0.25) is 4.79 Å². The number of nitrogens with one attached hydrogen (secondary N) is 1. The molecule has 0 aliphatic carbocycles. The van der Waals surface area contributed by atoms with Crippen LogP contribution in [0.1, 0.15) is 5.56 Å². The molecule has 0 bridgehead atoms. The molecule has 0 aliphatic rings. The van der Waals surface area contributed by atoms with E-state index in [1.165, 1.54) is 6.07 Å². The largest absolute Gasteiger partial charge is 0.423 e. The molecule has 5 nitrogen and oxygen atoms in total. The number of alkyl halides is 2. The molecule has 1 heterocycles. The first-order chi connectivity index (χ1) is 8.58. The van der Waals surface area contributed by atoms with Gasteiger partial charge in [0.05, 0.1) is 0 Å². The van der Waals surface area contributed by atoms with E-state index < -0.39 is 12.3 Å². The molecule has 18 heavy (non-hydrogen) atoms. The van der Waals surface area contributed by atoms with Crippen molar-refractivity contribution in [2.24, 2.45) is 0 Å². The Labute approximate surface area is 101 Å². The van der Waals surface area contributed by atoms with Gasteiger partial charge in [0.2, 0.25) is 12.3 Å². The number of benzene rings is 1. The van der Waals surface area contributed by atoms with Gasteiger partial charge in [0, 0.05) is 11.3 Å². The minimum atomic E-state index is -3.06. The highest BCUT2D eigenvalue weighted by Crippen LogP contribution is 2.24. The molecule has 1 aromatic carbocycles. The molecule has 7 heteroatoms. The summed E-state index contributed by atoms with van der Waals surface area (Å²) in [7, 11) is 0. The lowest BCUT2D eigenvalue weighted by molar-refractivity contribution is -0.126. The summed E-state index contributed by atoms with van der Waals surface area (Å²) in [5.41, 5.74) is 1.49. The molecule has 1 aromatic heterocycles. The van der Waals surface area contributed by atoms with Gasteiger partial charge in [-0.15, -0.1) is 10.2 Å². The van der Waals surface area contributed by atoms with Gasteiger partial charge in [-0.25, -0.2) is 0 Å². The van der Waals surface area contributed by atoms with Crippen LogP contribution < -0.4 is 5.32 Å². The third kappa shape index (κ3) is 2.50. The Bertz CT molecular complexity index is 555. The summed E-state index contributed by atoms with van der Waals surface area (Å²) in [4.78, 5) is 10.9. The number of hydrogen-bond acceptors (Lipinski definition) is 4. The highest BCUT2D eigenvalue weighted by atomic mass is 19.3. The zero-order chi connectivity index (χ0) is 13.1. The van der Waals surface area contributed by atoms with E-state index in [0.29, 0.717) is 11.1 Å². The molecular weight excluding hydrogens is 244 g/mol. The SMILES string of the molecule is Cc1ccc(-c2nnco2)cc1NC(=O)C(F)F. The number of nitrogens with zero attached hydrogens (tertiary/aromatic N) is 2. The second-order valence-corrected chi connectivity index (χ2v) is 3.56. The molecule has 2 rings (SSSR count). The molecule has 0 fully saturated rings. The lowest BCUT2D eigenvalue weighted by Crippen LogP contribution is -2.20. The summed E-state index contributed by atoms with van der Waals surface area (Å²) in [6.07, 6.45) is -1.90. The van der Waals surface area contributed by atoms with E-state index in [-0.39, 0.29) is 11.6 Å². The maximum Gasteiger partial charge on any atom is 0.315 e. The Hall–Kier alpha value is -2.31. The van der Waals surface area contributed by atoms with E-state index in [9.17, 15) is 13.6 Å². The Morgan fingerprint density at radius 2 is 2.22 bits per heavy atom. The first kappa shape index (κ1) is 12.2. The summed E-state index contributed by atoms with van der Waals surface area (Å²) in [6.45, 7) is 1.69. The maximum atomic E-state index is 12.2.